The lowest BCUT2D eigenvalue weighted by Gasteiger charge is -1.93. The summed E-state index contributed by atoms with van der Waals surface area (Å²) in [7, 11) is 0. The lowest BCUT2D eigenvalue weighted by molar-refractivity contribution is 0.0968. The molecule has 0 spiro atoms. The van der Waals surface area contributed by atoms with Gasteiger partial charge in [0, 0.05) is 5.56 Å². The molecule has 6 heteroatoms. The van der Waals surface area contributed by atoms with Crippen molar-refractivity contribution in [1.82, 2.24) is 10.2 Å². The third-order valence-corrected chi connectivity index (χ3v) is 1.71. The summed E-state index contributed by atoms with van der Waals surface area (Å²) in [5, 5.41) is 6.97. The van der Waals surface area contributed by atoms with Crippen molar-refractivity contribution in [3.63, 3.8) is 0 Å². The van der Waals surface area contributed by atoms with Crippen LogP contribution in [0.3, 0.4) is 0 Å². The lowest BCUT2D eigenvalue weighted by Crippen LogP contribution is -2.10. The first-order valence-electron chi connectivity index (χ1n) is 4.06. The summed E-state index contributed by atoms with van der Waals surface area (Å²) < 4.78 is 17.8. The number of nitrogens with zero attached hydrogens (tertiary/aromatic N) is 2. The fourth-order valence-corrected chi connectivity index (χ4v) is 1.06. The van der Waals surface area contributed by atoms with Crippen molar-refractivity contribution in [3.05, 3.63) is 36.0 Å². The molecule has 0 fully saturated rings. The van der Waals surface area contributed by atoms with Crippen LogP contribution in [0.15, 0.2) is 28.7 Å². The summed E-state index contributed by atoms with van der Waals surface area (Å²) in [4.78, 5) is 10.7. The summed E-state index contributed by atoms with van der Waals surface area (Å²) in [5.41, 5.74) is 5.32. The molecule has 1 heterocycles. The van der Waals surface area contributed by atoms with E-state index in [2.05, 4.69) is 10.2 Å². The minimum Gasteiger partial charge on any atom is -0.412 e. The molecule has 0 aliphatic heterocycles. The summed E-state index contributed by atoms with van der Waals surface area (Å²) in [6.45, 7) is 0. The van der Waals surface area contributed by atoms with Crippen molar-refractivity contribution in [1.29, 1.82) is 0 Å². The van der Waals surface area contributed by atoms with Crippen LogP contribution in [0.4, 0.5) is 4.39 Å². The average Bonchev–Trinajstić information content (AvgIpc) is 2.66. The Morgan fingerprint density at radius 2 is 2.20 bits per heavy atom. The van der Waals surface area contributed by atoms with E-state index in [9.17, 15) is 9.18 Å². The summed E-state index contributed by atoms with van der Waals surface area (Å²) >= 11 is 0. The van der Waals surface area contributed by atoms with E-state index in [-0.39, 0.29) is 11.8 Å². The molecule has 0 saturated carbocycles. The number of benzene rings is 1. The Balaban J connectivity index is 2.41. The van der Waals surface area contributed by atoms with Crippen molar-refractivity contribution in [2.75, 3.05) is 0 Å². The Hall–Kier alpha value is -2.24. The highest BCUT2D eigenvalue weighted by molar-refractivity contribution is 5.87. The molecule has 15 heavy (non-hydrogen) atoms. The van der Waals surface area contributed by atoms with Gasteiger partial charge >= 0.3 is 11.8 Å². The second-order valence-corrected chi connectivity index (χ2v) is 2.79. The molecule has 2 N–H and O–H groups in total. The number of halogens is 1. The number of hydrogen-bond acceptors (Lipinski definition) is 4. The second-order valence-electron chi connectivity index (χ2n) is 2.79. The molecule has 0 radical (unpaired) electrons. The van der Waals surface area contributed by atoms with E-state index in [4.69, 9.17) is 10.2 Å². The van der Waals surface area contributed by atoms with Gasteiger partial charge in [-0.1, -0.05) is 6.07 Å². The minimum absolute atomic E-state index is 0.0586. The first kappa shape index (κ1) is 9.32. The molecule has 0 saturated heterocycles. The van der Waals surface area contributed by atoms with Gasteiger partial charge in [-0.2, -0.15) is 0 Å². The Bertz CT molecular complexity index is 510. The second kappa shape index (κ2) is 3.49. The van der Waals surface area contributed by atoms with Crippen LogP contribution in [0.25, 0.3) is 11.5 Å². The van der Waals surface area contributed by atoms with Crippen LogP contribution >= 0.6 is 0 Å². The molecule has 1 amide bonds. The van der Waals surface area contributed by atoms with Gasteiger partial charge in [0.2, 0.25) is 5.89 Å². The van der Waals surface area contributed by atoms with Gasteiger partial charge in [0.25, 0.3) is 0 Å². The number of hydrogen-bond donors (Lipinski definition) is 1. The van der Waals surface area contributed by atoms with Crippen molar-refractivity contribution >= 4 is 5.91 Å². The molecule has 2 rings (SSSR count). The maximum Gasteiger partial charge on any atom is 0.306 e. The van der Waals surface area contributed by atoms with Crippen LogP contribution in [-0.4, -0.2) is 16.1 Å². The molecule has 76 valence electrons. The Labute approximate surface area is 83.7 Å². The van der Waals surface area contributed by atoms with E-state index in [1.54, 1.807) is 6.07 Å². The van der Waals surface area contributed by atoms with E-state index in [0.717, 1.165) is 0 Å². The lowest BCUT2D eigenvalue weighted by atomic mass is 10.2. The number of carbonyl (C=O) groups is 1. The minimum atomic E-state index is -0.815. The standard InChI is InChI=1S/C9H6FN3O2/c10-6-3-1-2-5(4-6)8-12-13-9(15-8)7(11)14/h1-4H,(H2,11,14). The normalized spacial score (nSPS) is 10.2. The Kier molecular flexibility index (Phi) is 2.17. The number of carbonyl (C=O) groups excluding carboxylic acids is 1. The van der Waals surface area contributed by atoms with Crippen LogP contribution in [0.5, 0.6) is 0 Å². The Morgan fingerprint density at radius 1 is 1.40 bits per heavy atom. The molecule has 0 atom stereocenters. The molecule has 5 nitrogen and oxygen atoms in total. The van der Waals surface area contributed by atoms with Crippen LogP contribution in [0.1, 0.15) is 10.7 Å². The van der Waals surface area contributed by atoms with E-state index >= 15 is 0 Å². The number of primary amides is 1. The summed E-state index contributed by atoms with van der Waals surface area (Å²) in [6, 6.07) is 5.59. The molecule has 0 aliphatic rings. The largest absolute Gasteiger partial charge is 0.412 e. The molecule has 0 unspecified atom stereocenters. The predicted octanol–water partition coefficient (Wildman–Crippen LogP) is 0.975. The van der Waals surface area contributed by atoms with Crippen LogP contribution in [-0.2, 0) is 0 Å². The molecular weight excluding hydrogens is 201 g/mol. The van der Waals surface area contributed by atoms with Gasteiger partial charge in [0.15, 0.2) is 0 Å². The summed E-state index contributed by atoms with van der Waals surface area (Å²) in [5.74, 6) is -1.48. The van der Waals surface area contributed by atoms with Gasteiger partial charge < -0.3 is 10.2 Å². The van der Waals surface area contributed by atoms with Crippen LogP contribution in [0, 0.1) is 5.82 Å². The molecule has 1 aromatic carbocycles. The smallest absolute Gasteiger partial charge is 0.306 e. The highest BCUT2D eigenvalue weighted by Crippen LogP contribution is 2.18. The number of nitrogens with two attached hydrogens (primary N) is 1. The van der Waals surface area contributed by atoms with E-state index in [1.807, 2.05) is 0 Å². The van der Waals surface area contributed by atoms with Gasteiger partial charge in [0.05, 0.1) is 0 Å². The molecule has 2 aromatic rings. The molecule has 0 bridgehead atoms. The highest BCUT2D eigenvalue weighted by Gasteiger charge is 2.12. The Morgan fingerprint density at radius 3 is 2.80 bits per heavy atom. The monoisotopic (exact) mass is 207 g/mol. The fourth-order valence-electron chi connectivity index (χ4n) is 1.06. The quantitative estimate of drug-likeness (QED) is 0.795. The van der Waals surface area contributed by atoms with Gasteiger partial charge in [0.1, 0.15) is 5.82 Å². The SMILES string of the molecule is NC(=O)c1nnc(-c2cccc(F)c2)o1. The van der Waals surface area contributed by atoms with E-state index in [0.29, 0.717) is 5.56 Å². The van der Waals surface area contributed by atoms with Gasteiger partial charge in [-0.25, -0.2) is 4.39 Å². The van der Waals surface area contributed by atoms with Gasteiger partial charge in [-0.3, -0.25) is 4.79 Å². The van der Waals surface area contributed by atoms with Gasteiger partial charge in [-0.05, 0) is 18.2 Å². The first-order chi connectivity index (χ1) is 7.16. The van der Waals surface area contributed by atoms with Gasteiger partial charge in [-0.15, -0.1) is 10.2 Å². The van der Waals surface area contributed by atoms with Crippen LogP contribution in [0.2, 0.25) is 0 Å². The first-order valence-corrected chi connectivity index (χ1v) is 4.06. The number of amides is 1. The van der Waals surface area contributed by atoms with Crippen molar-refractivity contribution in [2.45, 2.75) is 0 Å². The maximum atomic E-state index is 12.8. The maximum absolute atomic E-state index is 12.8. The molecule has 1 aromatic heterocycles. The van der Waals surface area contributed by atoms with E-state index < -0.39 is 11.7 Å². The third-order valence-electron chi connectivity index (χ3n) is 1.71. The zero-order chi connectivity index (χ0) is 10.8. The molecule has 0 aliphatic carbocycles. The van der Waals surface area contributed by atoms with Crippen molar-refractivity contribution < 1.29 is 13.6 Å². The van der Waals surface area contributed by atoms with Crippen LogP contribution < -0.4 is 5.73 Å². The topological polar surface area (TPSA) is 82.0 Å². The highest BCUT2D eigenvalue weighted by atomic mass is 19.1. The average molecular weight is 207 g/mol. The zero-order valence-corrected chi connectivity index (χ0v) is 7.48. The predicted molar refractivity (Wildman–Crippen MR) is 48.2 cm³/mol. The fraction of sp³-hybridized carbons (Fsp3) is 0. The summed E-state index contributed by atoms with van der Waals surface area (Å²) in [6.07, 6.45) is 0. The molecular formula is C9H6FN3O2. The number of rotatable bonds is 2. The zero-order valence-electron chi connectivity index (χ0n) is 7.48. The third kappa shape index (κ3) is 1.83. The van der Waals surface area contributed by atoms with Crippen molar-refractivity contribution in [2.24, 2.45) is 5.73 Å². The van der Waals surface area contributed by atoms with E-state index in [1.165, 1.54) is 18.2 Å². The number of aromatic nitrogens is 2. The van der Waals surface area contributed by atoms with Crippen molar-refractivity contribution in [3.8, 4) is 11.5 Å².